The van der Waals surface area contributed by atoms with Crippen molar-refractivity contribution in [2.45, 2.75) is 0 Å². The van der Waals surface area contributed by atoms with Crippen molar-refractivity contribution in [3.63, 3.8) is 0 Å². The molecule has 0 radical (unpaired) electrons. The minimum absolute atomic E-state index is 0.215. The summed E-state index contributed by atoms with van der Waals surface area (Å²) in [6.07, 6.45) is 1.65. The van der Waals surface area contributed by atoms with Gasteiger partial charge in [0.05, 0.1) is 7.05 Å². The zero-order chi connectivity index (χ0) is 13.6. The Kier molecular flexibility index (Phi) is 2.22. The largest absolute Gasteiger partial charge is 0.317 e. The third-order valence-corrected chi connectivity index (χ3v) is 3.11. The van der Waals surface area contributed by atoms with Gasteiger partial charge in [-0.25, -0.2) is 4.57 Å². The molecule has 0 saturated carbocycles. The van der Waals surface area contributed by atoms with E-state index in [4.69, 9.17) is 11.0 Å². The van der Waals surface area contributed by atoms with Gasteiger partial charge in [0.25, 0.3) is 11.2 Å². The maximum atomic E-state index is 12.4. The summed E-state index contributed by atoms with van der Waals surface area (Å²) in [5, 5.41) is 9.41. The van der Waals surface area contributed by atoms with Crippen molar-refractivity contribution < 1.29 is 4.57 Å². The highest BCUT2D eigenvalue weighted by Crippen LogP contribution is 2.12. The van der Waals surface area contributed by atoms with Gasteiger partial charge < -0.3 is 5.73 Å². The number of hydrogen-bond acceptors (Lipinski definition) is 4. The van der Waals surface area contributed by atoms with E-state index in [1.54, 1.807) is 36.0 Å². The molecule has 2 N–H and O–H groups in total. The second kappa shape index (κ2) is 3.78. The zero-order valence-electron chi connectivity index (χ0n) is 10.2. The number of fused-ring (bicyclic) bond motifs is 2. The Bertz CT molecular complexity index is 920. The Balaban J connectivity index is 2.64. The molecular weight excluding hydrogens is 242 g/mol. The van der Waals surface area contributed by atoms with Crippen LogP contribution < -0.4 is 15.9 Å². The maximum Gasteiger partial charge on any atom is 0.278 e. The van der Waals surface area contributed by atoms with Crippen molar-refractivity contribution in [1.82, 2.24) is 9.38 Å². The van der Waals surface area contributed by atoms with Gasteiger partial charge in [-0.05, 0) is 18.2 Å². The lowest BCUT2D eigenvalue weighted by Gasteiger charge is -2.04. The van der Waals surface area contributed by atoms with Gasteiger partial charge in [0.15, 0.2) is 0 Å². The molecule has 0 aliphatic rings. The quantitative estimate of drug-likeness (QED) is 0.455. The normalized spacial score (nSPS) is 10.7. The van der Waals surface area contributed by atoms with Crippen LogP contribution in [0.1, 0.15) is 5.56 Å². The van der Waals surface area contributed by atoms with Gasteiger partial charge in [-0.1, -0.05) is 11.1 Å². The summed E-state index contributed by atoms with van der Waals surface area (Å²) in [7, 11) is 1.68. The first-order chi connectivity index (χ1) is 9.13. The van der Waals surface area contributed by atoms with Crippen molar-refractivity contribution in [1.29, 1.82) is 5.26 Å². The fourth-order valence-electron chi connectivity index (χ4n) is 2.08. The van der Waals surface area contributed by atoms with E-state index >= 15 is 0 Å². The molecule has 3 aromatic rings. The van der Waals surface area contributed by atoms with E-state index in [9.17, 15) is 4.79 Å². The zero-order valence-corrected chi connectivity index (χ0v) is 10.2. The number of nitrogens with zero attached hydrogens (tertiary/aromatic N) is 4. The minimum Gasteiger partial charge on any atom is -0.317 e. The highest BCUT2D eigenvalue weighted by atomic mass is 16.1. The topological polar surface area (TPSA) is 88.1 Å². The molecule has 0 aliphatic heterocycles. The van der Waals surface area contributed by atoms with Gasteiger partial charge in [0, 0.05) is 6.20 Å². The Hall–Kier alpha value is -2.94. The lowest BCUT2D eigenvalue weighted by Crippen LogP contribution is -2.37. The van der Waals surface area contributed by atoms with E-state index < -0.39 is 0 Å². The Labute approximate surface area is 108 Å². The van der Waals surface area contributed by atoms with E-state index in [0.29, 0.717) is 22.5 Å². The van der Waals surface area contributed by atoms with Crippen LogP contribution in [0.2, 0.25) is 0 Å². The molecule has 0 spiro atoms. The Morgan fingerprint density at radius 3 is 3.00 bits per heavy atom. The Morgan fingerprint density at radius 2 is 2.26 bits per heavy atom. The molecule has 0 aliphatic carbocycles. The summed E-state index contributed by atoms with van der Waals surface area (Å²) in [4.78, 5) is 16.8. The second-order valence-corrected chi connectivity index (χ2v) is 4.20. The average molecular weight is 252 g/mol. The van der Waals surface area contributed by atoms with E-state index in [1.807, 2.05) is 6.07 Å². The highest BCUT2D eigenvalue weighted by molar-refractivity contribution is 5.76. The monoisotopic (exact) mass is 252 g/mol. The van der Waals surface area contributed by atoms with Crippen LogP contribution in [0.3, 0.4) is 0 Å². The summed E-state index contributed by atoms with van der Waals surface area (Å²) in [5.74, 6) is 0.294. The van der Waals surface area contributed by atoms with Crippen LogP contribution in [0.15, 0.2) is 35.3 Å². The molecule has 0 atom stereocenters. The number of nitriles is 1. The average Bonchev–Trinajstić information content (AvgIpc) is 2.44. The molecule has 0 saturated heterocycles. The predicted octanol–water partition coefficient (Wildman–Crippen LogP) is 0.126. The molecule has 0 unspecified atom stereocenters. The molecule has 3 rings (SSSR count). The SMILES string of the molecule is C[n+]1c(N)c(C#N)cc2c(=O)n3ccccc3nc21. The van der Waals surface area contributed by atoms with Crippen molar-refractivity contribution in [2.75, 3.05) is 5.73 Å². The second-order valence-electron chi connectivity index (χ2n) is 4.20. The summed E-state index contributed by atoms with van der Waals surface area (Å²) in [6, 6.07) is 8.77. The van der Waals surface area contributed by atoms with Gasteiger partial charge in [-0.2, -0.15) is 5.26 Å². The standard InChI is InChI=1S/C13H9N5O/c1-17-11(15)8(7-14)6-9-12(17)16-10-4-2-3-5-18(10)13(9)19/h2-6,15H,1H3/p+1. The molecule has 0 fully saturated rings. The van der Waals surface area contributed by atoms with Crippen molar-refractivity contribution in [3.8, 4) is 6.07 Å². The molecule has 3 aromatic heterocycles. The van der Waals surface area contributed by atoms with Crippen LogP contribution in [0.5, 0.6) is 0 Å². The number of aryl methyl sites for hydroxylation is 1. The lowest BCUT2D eigenvalue weighted by atomic mass is 10.2. The molecular formula is C13H10N5O+. The number of hydrogen-bond donors (Lipinski definition) is 1. The van der Waals surface area contributed by atoms with Crippen LogP contribution >= 0.6 is 0 Å². The fourth-order valence-corrected chi connectivity index (χ4v) is 2.08. The van der Waals surface area contributed by atoms with Crippen LogP contribution in [0, 0.1) is 11.3 Å². The third-order valence-electron chi connectivity index (χ3n) is 3.11. The summed E-state index contributed by atoms with van der Waals surface area (Å²) < 4.78 is 3.00. The van der Waals surface area contributed by atoms with Gasteiger partial charge in [-0.15, -0.1) is 0 Å². The van der Waals surface area contributed by atoms with Gasteiger partial charge in [-0.3, -0.25) is 9.20 Å². The van der Waals surface area contributed by atoms with Crippen LogP contribution in [-0.2, 0) is 7.05 Å². The first-order valence-corrected chi connectivity index (χ1v) is 5.63. The highest BCUT2D eigenvalue weighted by Gasteiger charge is 2.18. The molecule has 0 aromatic carbocycles. The Morgan fingerprint density at radius 1 is 1.47 bits per heavy atom. The van der Waals surface area contributed by atoms with Crippen LogP contribution in [0.25, 0.3) is 16.7 Å². The minimum atomic E-state index is -0.215. The summed E-state index contributed by atoms with van der Waals surface area (Å²) >= 11 is 0. The number of nitrogen functional groups attached to an aromatic ring is 1. The molecule has 92 valence electrons. The predicted molar refractivity (Wildman–Crippen MR) is 69.3 cm³/mol. The van der Waals surface area contributed by atoms with Crippen LogP contribution in [0.4, 0.5) is 5.82 Å². The van der Waals surface area contributed by atoms with E-state index in [1.165, 1.54) is 10.5 Å². The third kappa shape index (κ3) is 1.45. The number of aromatic nitrogens is 3. The van der Waals surface area contributed by atoms with E-state index in [-0.39, 0.29) is 11.1 Å². The van der Waals surface area contributed by atoms with Gasteiger partial charge >= 0.3 is 0 Å². The maximum absolute atomic E-state index is 12.4. The molecule has 6 heteroatoms. The fraction of sp³-hybridized carbons (Fsp3) is 0.0769. The molecule has 6 nitrogen and oxygen atoms in total. The molecule has 0 bridgehead atoms. The van der Waals surface area contributed by atoms with Crippen molar-refractivity contribution in [2.24, 2.45) is 7.05 Å². The molecule has 0 amide bonds. The van der Waals surface area contributed by atoms with Crippen molar-refractivity contribution >= 4 is 22.5 Å². The first kappa shape index (κ1) is 11.2. The number of pyridine rings is 2. The van der Waals surface area contributed by atoms with Crippen LogP contribution in [-0.4, -0.2) is 9.38 Å². The van der Waals surface area contributed by atoms with E-state index in [0.717, 1.165) is 0 Å². The van der Waals surface area contributed by atoms with Gasteiger partial charge in [0.2, 0.25) is 11.5 Å². The summed E-state index contributed by atoms with van der Waals surface area (Å²) in [6.45, 7) is 0. The summed E-state index contributed by atoms with van der Waals surface area (Å²) in [5.41, 5.74) is 6.91. The molecule has 19 heavy (non-hydrogen) atoms. The molecule has 3 heterocycles. The number of anilines is 1. The number of nitrogens with two attached hydrogens (primary N) is 1. The van der Waals surface area contributed by atoms with Crippen molar-refractivity contribution in [3.05, 3.63) is 46.4 Å². The number of rotatable bonds is 0. The smallest absolute Gasteiger partial charge is 0.278 e. The first-order valence-electron chi connectivity index (χ1n) is 5.63. The van der Waals surface area contributed by atoms with Gasteiger partial charge in [0.1, 0.15) is 17.0 Å². The van der Waals surface area contributed by atoms with E-state index in [2.05, 4.69) is 4.98 Å². The lowest BCUT2D eigenvalue weighted by molar-refractivity contribution is -0.632.